The van der Waals surface area contributed by atoms with E-state index in [4.69, 9.17) is 10.8 Å². The summed E-state index contributed by atoms with van der Waals surface area (Å²) in [4.78, 5) is 35.3. The van der Waals surface area contributed by atoms with Crippen LogP contribution in [0.4, 0.5) is 4.79 Å². The highest BCUT2D eigenvalue weighted by Crippen LogP contribution is 2.16. The smallest absolute Gasteiger partial charge is 0.326 e. The van der Waals surface area contributed by atoms with Crippen LogP contribution in [0.2, 0.25) is 0 Å². The standard InChI is InChI=1S/C11H19N3O4/c1-2-7(10(16)17)13-11(18)14-6-4-3-5-8(14)9(12)15/h7-8H,2-6H2,1H3,(H2,12,15)(H,13,18)(H,16,17)/t7-,8?/m0/s1. The van der Waals surface area contributed by atoms with Crippen molar-refractivity contribution in [3.63, 3.8) is 0 Å². The number of hydrogen-bond acceptors (Lipinski definition) is 3. The topological polar surface area (TPSA) is 113 Å². The molecule has 1 unspecified atom stereocenters. The predicted octanol–water partition coefficient (Wildman–Crippen LogP) is -0.101. The number of nitrogens with two attached hydrogens (primary N) is 1. The number of amides is 3. The van der Waals surface area contributed by atoms with Crippen LogP contribution in [0, 0.1) is 0 Å². The lowest BCUT2D eigenvalue weighted by Crippen LogP contribution is -2.56. The molecule has 1 fully saturated rings. The van der Waals surface area contributed by atoms with Gasteiger partial charge < -0.3 is 21.1 Å². The lowest BCUT2D eigenvalue weighted by atomic mass is 10.0. The van der Waals surface area contributed by atoms with Gasteiger partial charge in [0.1, 0.15) is 12.1 Å². The molecule has 0 saturated carbocycles. The molecule has 1 aliphatic rings. The van der Waals surface area contributed by atoms with Gasteiger partial charge in [-0.2, -0.15) is 0 Å². The number of carbonyl (C=O) groups is 3. The van der Waals surface area contributed by atoms with E-state index in [0.29, 0.717) is 13.0 Å². The van der Waals surface area contributed by atoms with Crippen LogP contribution in [0.5, 0.6) is 0 Å². The lowest BCUT2D eigenvalue weighted by molar-refractivity contribution is -0.139. The number of hydrogen-bond donors (Lipinski definition) is 3. The number of rotatable bonds is 4. The molecular weight excluding hydrogens is 238 g/mol. The zero-order valence-electron chi connectivity index (χ0n) is 10.4. The summed E-state index contributed by atoms with van der Waals surface area (Å²) >= 11 is 0. The summed E-state index contributed by atoms with van der Waals surface area (Å²) in [5.74, 6) is -1.63. The minimum absolute atomic E-state index is 0.288. The maximum atomic E-state index is 11.9. The molecule has 0 aliphatic carbocycles. The zero-order valence-corrected chi connectivity index (χ0v) is 10.4. The second-order valence-corrected chi connectivity index (χ2v) is 4.36. The molecule has 0 radical (unpaired) electrons. The number of urea groups is 1. The van der Waals surface area contributed by atoms with Crippen LogP contribution in [-0.2, 0) is 9.59 Å². The minimum atomic E-state index is -1.08. The Morgan fingerprint density at radius 2 is 2.11 bits per heavy atom. The van der Waals surface area contributed by atoms with E-state index in [1.807, 2.05) is 0 Å². The van der Waals surface area contributed by atoms with Crippen LogP contribution in [-0.4, -0.2) is 46.5 Å². The van der Waals surface area contributed by atoms with Crippen molar-refractivity contribution < 1.29 is 19.5 Å². The molecular formula is C11H19N3O4. The first-order valence-electron chi connectivity index (χ1n) is 6.06. The zero-order chi connectivity index (χ0) is 13.7. The molecule has 1 saturated heterocycles. The number of carboxylic acids is 1. The molecule has 0 aromatic heterocycles. The maximum absolute atomic E-state index is 11.9. The Bertz CT molecular complexity index is 345. The van der Waals surface area contributed by atoms with Crippen molar-refractivity contribution in [2.45, 2.75) is 44.7 Å². The van der Waals surface area contributed by atoms with Gasteiger partial charge in [0.15, 0.2) is 0 Å². The highest BCUT2D eigenvalue weighted by Gasteiger charge is 2.32. The molecule has 4 N–H and O–H groups in total. The van der Waals surface area contributed by atoms with Crippen LogP contribution in [0.1, 0.15) is 32.6 Å². The Labute approximate surface area is 105 Å². The van der Waals surface area contributed by atoms with Crippen molar-refractivity contribution in [1.29, 1.82) is 0 Å². The first kappa shape index (κ1) is 14.3. The number of carboxylic acid groups (broad SMARTS) is 1. The summed E-state index contributed by atoms with van der Waals surface area (Å²) in [5.41, 5.74) is 5.24. The highest BCUT2D eigenvalue weighted by molar-refractivity contribution is 5.88. The van der Waals surface area contributed by atoms with Crippen LogP contribution < -0.4 is 11.1 Å². The number of piperidine rings is 1. The molecule has 18 heavy (non-hydrogen) atoms. The number of carbonyl (C=O) groups excluding carboxylic acids is 2. The fraction of sp³-hybridized carbons (Fsp3) is 0.727. The molecule has 102 valence electrons. The Balaban J connectivity index is 2.68. The second kappa shape index (κ2) is 6.23. The van der Waals surface area contributed by atoms with Gasteiger partial charge in [0.05, 0.1) is 0 Å². The van der Waals surface area contributed by atoms with Crippen molar-refractivity contribution in [2.24, 2.45) is 5.73 Å². The highest BCUT2D eigenvalue weighted by atomic mass is 16.4. The van der Waals surface area contributed by atoms with Gasteiger partial charge in [0, 0.05) is 6.54 Å². The van der Waals surface area contributed by atoms with E-state index in [-0.39, 0.29) is 6.42 Å². The first-order valence-corrected chi connectivity index (χ1v) is 6.06. The van der Waals surface area contributed by atoms with Gasteiger partial charge in [0.25, 0.3) is 0 Å². The third-order valence-corrected chi connectivity index (χ3v) is 3.10. The lowest BCUT2D eigenvalue weighted by Gasteiger charge is -2.34. The van der Waals surface area contributed by atoms with Crippen LogP contribution in [0.25, 0.3) is 0 Å². The van der Waals surface area contributed by atoms with E-state index < -0.39 is 30.0 Å². The molecule has 7 heteroatoms. The van der Waals surface area contributed by atoms with Crippen molar-refractivity contribution in [1.82, 2.24) is 10.2 Å². The summed E-state index contributed by atoms with van der Waals surface area (Å²) in [6, 6.07) is -2.11. The van der Waals surface area contributed by atoms with E-state index in [2.05, 4.69) is 5.32 Å². The summed E-state index contributed by atoms with van der Waals surface area (Å²) < 4.78 is 0. The van der Waals surface area contributed by atoms with Gasteiger partial charge in [-0.1, -0.05) is 6.92 Å². The number of aliphatic carboxylic acids is 1. The minimum Gasteiger partial charge on any atom is -0.480 e. The summed E-state index contributed by atoms with van der Waals surface area (Å²) in [6.07, 6.45) is 2.46. The van der Waals surface area contributed by atoms with Gasteiger partial charge >= 0.3 is 12.0 Å². The van der Waals surface area contributed by atoms with Crippen molar-refractivity contribution in [3.05, 3.63) is 0 Å². The summed E-state index contributed by atoms with van der Waals surface area (Å²) in [6.45, 7) is 2.09. The molecule has 3 amide bonds. The van der Waals surface area contributed by atoms with Crippen LogP contribution in [0.3, 0.4) is 0 Å². The van der Waals surface area contributed by atoms with E-state index in [0.717, 1.165) is 12.8 Å². The van der Waals surface area contributed by atoms with E-state index in [9.17, 15) is 14.4 Å². The normalized spacial score (nSPS) is 21.2. The van der Waals surface area contributed by atoms with Crippen molar-refractivity contribution in [2.75, 3.05) is 6.54 Å². The van der Waals surface area contributed by atoms with Gasteiger partial charge in [-0.3, -0.25) is 4.79 Å². The van der Waals surface area contributed by atoms with Gasteiger partial charge in [-0.05, 0) is 25.7 Å². The molecule has 0 aromatic rings. The van der Waals surface area contributed by atoms with E-state index >= 15 is 0 Å². The molecule has 2 atom stereocenters. The van der Waals surface area contributed by atoms with E-state index in [1.54, 1.807) is 6.92 Å². The SMILES string of the molecule is CC[C@H](NC(=O)N1CCCCC1C(N)=O)C(=O)O. The molecule has 0 bridgehead atoms. The average molecular weight is 257 g/mol. The van der Waals surface area contributed by atoms with Crippen molar-refractivity contribution in [3.8, 4) is 0 Å². The Hall–Kier alpha value is -1.79. The molecule has 0 aromatic carbocycles. The number of primary amides is 1. The van der Waals surface area contributed by atoms with Crippen LogP contribution in [0.15, 0.2) is 0 Å². The average Bonchev–Trinajstić information content (AvgIpc) is 2.35. The Morgan fingerprint density at radius 1 is 1.44 bits per heavy atom. The monoisotopic (exact) mass is 257 g/mol. The van der Waals surface area contributed by atoms with Crippen molar-refractivity contribution >= 4 is 17.9 Å². The largest absolute Gasteiger partial charge is 0.480 e. The Morgan fingerprint density at radius 3 is 2.61 bits per heavy atom. The second-order valence-electron chi connectivity index (χ2n) is 4.36. The van der Waals surface area contributed by atoms with Gasteiger partial charge in [-0.15, -0.1) is 0 Å². The van der Waals surface area contributed by atoms with E-state index in [1.165, 1.54) is 4.90 Å². The quantitative estimate of drug-likeness (QED) is 0.652. The fourth-order valence-corrected chi connectivity index (χ4v) is 2.04. The fourth-order valence-electron chi connectivity index (χ4n) is 2.04. The Kier molecular flexibility index (Phi) is 4.94. The third-order valence-electron chi connectivity index (χ3n) is 3.10. The third kappa shape index (κ3) is 3.35. The first-order chi connectivity index (χ1) is 8.47. The molecule has 7 nitrogen and oxygen atoms in total. The molecule has 0 spiro atoms. The summed E-state index contributed by atoms with van der Waals surface area (Å²) in [7, 11) is 0. The predicted molar refractivity (Wildman–Crippen MR) is 63.8 cm³/mol. The maximum Gasteiger partial charge on any atom is 0.326 e. The summed E-state index contributed by atoms with van der Waals surface area (Å²) in [5, 5.41) is 11.3. The van der Waals surface area contributed by atoms with Gasteiger partial charge in [-0.25, -0.2) is 9.59 Å². The molecule has 1 heterocycles. The van der Waals surface area contributed by atoms with Gasteiger partial charge in [0.2, 0.25) is 5.91 Å². The number of nitrogens with one attached hydrogen (secondary N) is 1. The number of nitrogens with zero attached hydrogens (tertiary/aromatic N) is 1. The van der Waals surface area contributed by atoms with Crippen LogP contribution >= 0.6 is 0 Å². The number of likely N-dealkylation sites (tertiary alicyclic amines) is 1. The molecule has 1 rings (SSSR count). The molecule has 1 aliphatic heterocycles.